The molecule has 0 unspecified atom stereocenters. The van der Waals surface area contributed by atoms with Gasteiger partial charge in [0.25, 0.3) is 0 Å². The SMILES string of the molecule is CC(C)[C@@H]([C@@H](O)[C@H](CO)SCCCc1ccccc1)P(=O)(c1ccccc1)c1ccccc1. The van der Waals surface area contributed by atoms with Crippen LogP contribution >= 0.6 is 18.9 Å². The number of aryl methyl sites for hydroxylation is 1. The van der Waals surface area contributed by atoms with E-state index < -0.39 is 24.2 Å². The summed E-state index contributed by atoms with van der Waals surface area (Å²) in [7, 11) is -3.17. The van der Waals surface area contributed by atoms with E-state index in [1.807, 2.05) is 92.7 Å². The Morgan fingerprint density at radius 2 is 1.30 bits per heavy atom. The summed E-state index contributed by atoms with van der Waals surface area (Å²) in [5, 5.41) is 22.8. The second kappa shape index (κ2) is 12.6. The highest BCUT2D eigenvalue weighted by Gasteiger charge is 2.45. The van der Waals surface area contributed by atoms with E-state index in [1.165, 1.54) is 5.56 Å². The molecule has 0 bridgehead atoms. The maximum absolute atomic E-state index is 14.9. The van der Waals surface area contributed by atoms with Gasteiger partial charge in [0.1, 0.15) is 7.14 Å². The number of hydrogen-bond donors (Lipinski definition) is 2. The fourth-order valence-corrected chi connectivity index (χ4v) is 9.35. The highest BCUT2D eigenvalue weighted by Crippen LogP contribution is 2.53. The molecule has 0 aromatic heterocycles. The van der Waals surface area contributed by atoms with Crippen LogP contribution in [0, 0.1) is 5.92 Å². The molecule has 3 atom stereocenters. The van der Waals surface area contributed by atoms with E-state index in [1.54, 1.807) is 11.8 Å². The average Bonchev–Trinajstić information content (AvgIpc) is 2.85. The topological polar surface area (TPSA) is 57.5 Å². The van der Waals surface area contributed by atoms with Gasteiger partial charge in [-0.05, 0) is 30.1 Å². The lowest BCUT2D eigenvalue weighted by Gasteiger charge is -2.37. The number of rotatable bonds is 12. The molecule has 0 fully saturated rings. The zero-order valence-corrected chi connectivity index (χ0v) is 21.2. The first kappa shape index (κ1) is 25.8. The van der Waals surface area contributed by atoms with Crippen molar-refractivity contribution < 1.29 is 14.8 Å². The summed E-state index contributed by atoms with van der Waals surface area (Å²) in [6, 6.07) is 29.4. The van der Waals surface area contributed by atoms with Crippen molar-refractivity contribution in [1.29, 1.82) is 0 Å². The Hall–Kier alpha value is -1.84. The summed E-state index contributed by atoms with van der Waals surface area (Å²) in [5.41, 5.74) is 0.790. The normalized spacial score (nSPS) is 14.7. The smallest absolute Gasteiger partial charge is 0.149 e. The molecule has 0 saturated heterocycles. The van der Waals surface area contributed by atoms with Crippen LogP contribution in [0.3, 0.4) is 0 Å². The molecule has 0 aliphatic rings. The highest BCUT2D eigenvalue weighted by molar-refractivity contribution is 8.00. The quantitative estimate of drug-likeness (QED) is 0.278. The Kier molecular flexibility index (Phi) is 9.82. The van der Waals surface area contributed by atoms with Crippen molar-refractivity contribution in [2.24, 2.45) is 5.92 Å². The van der Waals surface area contributed by atoms with Crippen molar-refractivity contribution in [2.45, 2.75) is 43.7 Å². The molecule has 33 heavy (non-hydrogen) atoms. The first-order valence-electron chi connectivity index (χ1n) is 11.6. The third-order valence-corrected chi connectivity index (χ3v) is 11.3. The minimum atomic E-state index is -3.17. The maximum Gasteiger partial charge on any atom is 0.149 e. The molecule has 0 amide bonds. The number of benzene rings is 3. The second-order valence-corrected chi connectivity index (χ2v) is 13.0. The number of hydrogen-bond acceptors (Lipinski definition) is 4. The molecule has 0 radical (unpaired) electrons. The third-order valence-electron chi connectivity index (χ3n) is 6.08. The van der Waals surface area contributed by atoms with Gasteiger partial charge in [-0.25, -0.2) is 0 Å². The van der Waals surface area contributed by atoms with Gasteiger partial charge in [0.2, 0.25) is 0 Å². The lowest BCUT2D eigenvalue weighted by atomic mass is 10.0. The van der Waals surface area contributed by atoms with Gasteiger partial charge in [0.15, 0.2) is 0 Å². The molecule has 3 rings (SSSR count). The van der Waals surface area contributed by atoms with Crippen LogP contribution in [-0.2, 0) is 11.0 Å². The largest absolute Gasteiger partial charge is 0.395 e. The fourth-order valence-electron chi connectivity index (χ4n) is 4.46. The molecule has 176 valence electrons. The maximum atomic E-state index is 14.9. The number of aliphatic hydroxyl groups excluding tert-OH is 2. The molecular formula is C28H35O3PS. The van der Waals surface area contributed by atoms with Gasteiger partial charge >= 0.3 is 0 Å². The number of thioether (sulfide) groups is 1. The van der Waals surface area contributed by atoms with Crippen molar-refractivity contribution in [3.63, 3.8) is 0 Å². The van der Waals surface area contributed by atoms with Gasteiger partial charge in [0, 0.05) is 16.3 Å². The van der Waals surface area contributed by atoms with E-state index in [9.17, 15) is 14.8 Å². The minimum absolute atomic E-state index is 0.0368. The summed E-state index contributed by atoms with van der Waals surface area (Å²) >= 11 is 1.58. The fraction of sp³-hybridized carbons (Fsp3) is 0.357. The van der Waals surface area contributed by atoms with Crippen LogP contribution in [0.1, 0.15) is 25.8 Å². The van der Waals surface area contributed by atoms with Gasteiger partial charge < -0.3 is 14.8 Å². The summed E-state index contributed by atoms with van der Waals surface area (Å²) in [6.07, 6.45) is 1.02. The van der Waals surface area contributed by atoms with Crippen molar-refractivity contribution in [2.75, 3.05) is 12.4 Å². The summed E-state index contributed by atoms with van der Waals surface area (Å²) in [5.74, 6) is 0.786. The van der Waals surface area contributed by atoms with Crippen LogP contribution in [0.15, 0.2) is 91.0 Å². The summed E-state index contributed by atoms with van der Waals surface area (Å²) < 4.78 is 14.9. The van der Waals surface area contributed by atoms with Gasteiger partial charge in [-0.1, -0.05) is 105 Å². The predicted molar refractivity (Wildman–Crippen MR) is 142 cm³/mol. The van der Waals surface area contributed by atoms with Gasteiger partial charge in [-0.15, -0.1) is 0 Å². The van der Waals surface area contributed by atoms with E-state index in [0.717, 1.165) is 29.2 Å². The van der Waals surface area contributed by atoms with E-state index in [-0.39, 0.29) is 12.5 Å². The Morgan fingerprint density at radius 3 is 1.76 bits per heavy atom. The van der Waals surface area contributed by atoms with Crippen molar-refractivity contribution in [3.05, 3.63) is 96.6 Å². The monoisotopic (exact) mass is 482 g/mol. The molecule has 0 heterocycles. The van der Waals surface area contributed by atoms with Crippen molar-refractivity contribution in [3.8, 4) is 0 Å². The zero-order valence-electron chi connectivity index (χ0n) is 19.5. The molecule has 3 aromatic carbocycles. The molecule has 5 heteroatoms. The van der Waals surface area contributed by atoms with Crippen LogP contribution in [0.25, 0.3) is 0 Å². The predicted octanol–water partition coefficient (Wildman–Crippen LogP) is 5.11. The zero-order chi connectivity index (χ0) is 23.7. The van der Waals surface area contributed by atoms with Crippen LogP contribution in [-0.4, -0.2) is 39.6 Å². The molecule has 3 aromatic rings. The standard InChI is InChI=1S/C28H35O3PS/c1-22(2)28(27(30)26(21-29)33-20-12-15-23-13-6-3-7-14-23)32(31,24-16-8-4-9-17-24)25-18-10-5-11-19-25/h3-11,13-14,16-19,22,26-30H,12,15,20-21H2,1-2H3/t26-,27-,28-/m0/s1. The average molecular weight is 483 g/mol. The molecular weight excluding hydrogens is 447 g/mol. The van der Waals surface area contributed by atoms with Crippen LogP contribution in [0.5, 0.6) is 0 Å². The molecule has 0 spiro atoms. The van der Waals surface area contributed by atoms with E-state index in [2.05, 4.69) is 12.1 Å². The third kappa shape index (κ3) is 6.39. The summed E-state index contributed by atoms with van der Waals surface area (Å²) in [6.45, 7) is 3.88. The van der Waals surface area contributed by atoms with Crippen LogP contribution < -0.4 is 10.6 Å². The molecule has 0 aliphatic carbocycles. The van der Waals surface area contributed by atoms with E-state index >= 15 is 0 Å². The van der Waals surface area contributed by atoms with Gasteiger partial charge in [-0.2, -0.15) is 11.8 Å². The first-order chi connectivity index (χ1) is 16.0. The lowest BCUT2D eigenvalue weighted by molar-refractivity contribution is 0.123. The minimum Gasteiger partial charge on any atom is -0.395 e. The Labute approximate surface area is 202 Å². The second-order valence-electron chi connectivity index (χ2n) is 8.74. The van der Waals surface area contributed by atoms with E-state index in [0.29, 0.717) is 0 Å². The Morgan fingerprint density at radius 1 is 0.818 bits per heavy atom. The lowest BCUT2D eigenvalue weighted by Crippen LogP contribution is -2.44. The molecule has 0 aliphatic heterocycles. The van der Waals surface area contributed by atoms with Gasteiger partial charge in [-0.3, -0.25) is 0 Å². The Balaban J connectivity index is 1.84. The first-order valence-corrected chi connectivity index (χ1v) is 14.5. The Bertz CT molecular complexity index is 952. The van der Waals surface area contributed by atoms with Crippen LogP contribution in [0.4, 0.5) is 0 Å². The molecule has 3 nitrogen and oxygen atoms in total. The molecule has 0 saturated carbocycles. The summed E-state index contributed by atoms with van der Waals surface area (Å²) in [4.78, 5) is 0. The van der Waals surface area contributed by atoms with Gasteiger partial charge in [0.05, 0.1) is 18.0 Å². The molecule has 2 N–H and O–H groups in total. The number of aliphatic hydroxyl groups is 2. The van der Waals surface area contributed by atoms with E-state index in [4.69, 9.17) is 0 Å². The van der Waals surface area contributed by atoms with Crippen molar-refractivity contribution in [1.82, 2.24) is 0 Å². The van der Waals surface area contributed by atoms with Crippen LogP contribution in [0.2, 0.25) is 0 Å². The van der Waals surface area contributed by atoms with Crippen molar-refractivity contribution >= 4 is 29.5 Å². The highest BCUT2D eigenvalue weighted by atomic mass is 32.2.